The van der Waals surface area contributed by atoms with Gasteiger partial charge in [0.15, 0.2) is 0 Å². The van der Waals surface area contributed by atoms with Crippen LogP contribution in [0.4, 0.5) is 0 Å². The van der Waals surface area contributed by atoms with E-state index in [1.54, 1.807) is 0 Å². The second-order valence-corrected chi connectivity index (χ2v) is 14.9. The smallest absolute Gasteiger partial charge is 0.126 e. The molecule has 0 amide bonds. The van der Waals surface area contributed by atoms with Gasteiger partial charge in [0.1, 0.15) is 5.75 Å². The monoisotopic (exact) mass is 538 g/mol. The number of thioether (sulfide) groups is 2. The van der Waals surface area contributed by atoms with E-state index in [0.717, 1.165) is 28.8 Å². The molecule has 5 aromatic carbocycles. The van der Waals surface area contributed by atoms with Crippen molar-refractivity contribution in [3.8, 4) is 5.75 Å². The van der Waals surface area contributed by atoms with Gasteiger partial charge in [0.05, 0.1) is 7.11 Å². The first kappa shape index (κ1) is 25.9. The SMILES string of the molecule is COc1c2cc(C(C)(C)C)cc1CSCc1cc(c3ccc4cc(C(C)(C)C)cc5ccc1c3c45)CSC2. The zero-order valence-corrected chi connectivity index (χ0v) is 25.4. The molecule has 0 atom stereocenters. The fraction of sp³-hybridized carbons (Fsp3) is 0.371. The van der Waals surface area contributed by atoms with Gasteiger partial charge in [-0.25, -0.2) is 0 Å². The summed E-state index contributed by atoms with van der Waals surface area (Å²) in [6, 6.07) is 21.6. The molecule has 0 saturated carbocycles. The number of benzene rings is 5. The van der Waals surface area contributed by atoms with Gasteiger partial charge in [-0.2, -0.15) is 23.5 Å². The van der Waals surface area contributed by atoms with Gasteiger partial charge in [0.2, 0.25) is 0 Å². The van der Waals surface area contributed by atoms with E-state index in [4.69, 9.17) is 4.74 Å². The lowest BCUT2D eigenvalue weighted by Crippen LogP contribution is -2.13. The highest BCUT2D eigenvalue weighted by molar-refractivity contribution is 7.98. The first-order valence-electron chi connectivity index (χ1n) is 13.6. The molecule has 1 aliphatic rings. The summed E-state index contributed by atoms with van der Waals surface area (Å²) in [7, 11) is 1.83. The lowest BCUT2D eigenvalue weighted by Gasteiger charge is -2.24. The average molecular weight is 539 g/mol. The third kappa shape index (κ3) is 4.46. The van der Waals surface area contributed by atoms with Gasteiger partial charge < -0.3 is 4.74 Å². The number of methoxy groups -OCH3 is 1. The van der Waals surface area contributed by atoms with Crippen molar-refractivity contribution in [1.29, 1.82) is 0 Å². The molecule has 0 aromatic heterocycles. The summed E-state index contributed by atoms with van der Waals surface area (Å²) in [4.78, 5) is 0. The fourth-order valence-electron chi connectivity index (χ4n) is 5.95. The summed E-state index contributed by atoms with van der Waals surface area (Å²) < 4.78 is 6.01. The molecule has 196 valence electrons. The lowest BCUT2D eigenvalue weighted by molar-refractivity contribution is 0.407. The lowest BCUT2D eigenvalue weighted by atomic mass is 9.82. The van der Waals surface area contributed by atoms with Crippen LogP contribution in [0.2, 0.25) is 0 Å². The Balaban J connectivity index is 1.51. The predicted molar refractivity (Wildman–Crippen MR) is 171 cm³/mol. The molecule has 3 heteroatoms. The highest BCUT2D eigenvalue weighted by Gasteiger charge is 2.22. The molecule has 0 aliphatic carbocycles. The first-order chi connectivity index (χ1) is 18.0. The van der Waals surface area contributed by atoms with Crippen molar-refractivity contribution in [2.45, 2.75) is 75.4 Å². The quantitative estimate of drug-likeness (QED) is 0.196. The van der Waals surface area contributed by atoms with Gasteiger partial charge in [0, 0.05) is 34.1 Å². The first-order valence-corrected chi connectivity index (χ1v) is 15.9. The molecule has 0 unspecified atom stereocenters. The third-order valence-corrected chi connectivity index (χ3v) is 10.2. The number of ether oxygens (including phenoxy) is 1. The number of rotatable bonds is 1. The maximum Gasteiger partial charge on any atom is 0.126 e. The molecule has 1 aliphatic heterocycles. The summed E-state index contributed by atoms with van der Waals surface area (Å²) in [6.45, 7) is 13.9. The second kappa shape index (κ2) is 9.38. The molecule has 1 heterocycles. The molecule has 0 saturated heterocycles. The zero-order chi connectivity index (χ0) is 26.8. The number of hydrogen-bond donors (Lipinski definition) is 0. The summed E-state index contributed by atoms with van der Waals surface area (Å²) >= 11 is 4.02. The van der Waals surface area contributed by atoms with Gasteiger partial charge in [-0.05, 0) is 65.4 Å². The average Bonchev–Trinajstić information content (AvgIpc) is 2.86. The minimum Gasteiger partial charge on any atom is -0.496 e. The van der Waals surface area contributed by atoms with E-state index < -0.39 is 0 Å². The molecule has 0 fully saturated rings. The largest absolute Gasteiger partial charge is 0.496 e. The summed E-state index contributed by atoms with van der Waals surface area (Å²) in [6.07, 6.45) is 0. The molecule has 6 rings (SSSR count). The Kier molecular flexibility index (Phi) is 6.39. The van der Waals surface area contributed by atoms with Gasteiger partial charge in [-0.3, -0.25) is 0 Å². The van der Waals surface area contributed by atoms with E-state index in [0.29, 0.717) is 0 Å². The Hall–Kier alpha value is -2.36. The molecular weight excluding hydrogens is 501 g/mol. The molecule has 4 bridgehead atoms. The molecule has 5 aromatic rings. The van der Waals surface area contributed by atoms with E-state index in [2.05, 4.69) is 96.1 Å². The Bertz CT molecular complexity index is 1570. The third-order valence-electron chi connectivity index (χ3n) is 8.10. The maximum absolute atomic E-state index is 6.01. The predicted octanol–water partition coefficient (Wildman–Crippen LogP) is 10.4. The molecule has 0 spiro atoms. The van der Waals surface area contributed by atoms with Crippen LogP contribution < -0.4 is 4.74 Å². The van der Waals surface area contributed by atoms with E-state index in [-0.39, 0.29) is 10.8 Å². The van der Waals surface area contributed by atoms with E-state index in [1.807, 2.05) is 30.6 Å². The van der Waals surface area contributed by atoms with Crippen molar-refractivity contribution in [1.82, 2.24) is 0 Å². The van der Waals surface area contributed by atoms with Gasteiger partial charge in [0.25, 0.3) is 0 Å². The topological polar surface area (TPSA) is 9.23 Å². The molecule has 0 N–H and O–H groups in total. The van der Waals surface area contributed by atoms with Crippen molar-refractivity contribution in [2.24, 2.45) is 0 Å². The molecule has 0 radical (unpaired) electrons. The van der Waals surface area contributed by atoms with Crippen LogP contribution in [0.1, 0.15) is 74.9 Å². The maximum atomic E-state index is 6.01. The fourth-order valence-corrected chi connectivity index (χ4v) is 7.94. The van der Waals surface area contributed by atoms with E-state index in [9.17, 15) is 0 Å². The van der Waals surface area contributed by atoms with Crippen LogP contribution in [0.5, 0.6) is 5.75 Å². The summed E-state index contributed by atoms with van der Waals surface area (Å²) in [5.41, 5.74) is 8.62. The second-order valence-electron chi connectivity index (χ2n) is 12.9. The van der Waals surface area contributed by atoms with Crippen LogP contribution >= 0.6 is 23.5 Å². The Morgan fingerprint density at radius 2 is 1.00 bits per heavy atom. The van der Waals surface area contributed by atoms with Crippen molar-refractivity contribution in [3.63, 3.8) is 0 Å². The van der Waals surface area contributed by atoms with Crippen LogP contribution in [0.25, 0.3) is 32.3 Å². The van der Waals surface area contributed by atoms with Crippen LogP contribution in [-0.2, 0) is 33.8 Å². The normalized spacial score (nSPS) is 15.1. The van der Waals surface area contributed by atoms with Crippen LogP contribution in [-0.4, -0.2) is 7.11 Å². The highest BCUT2D eigenvalue weighted by Crippen LogP contribution is 2.43. The van der Waals surface area contributed by atoms with E-state index in [1.165, 1.54) is 65.7 Å². The minimum atomic E-state index is 0.114. The standard InChI is InChI=1S/C35H38OS2/c1-34(2,3)27-13-21-8-10-29-23-12-24(30-11-9-22(14-27)31(21)32(29)30)18-38-20-26-16-28(35(4,5)6)15-25(19-37-17-23)33(26)36-7/h8-16H,17-20H2,1-7H3. The van der Waals surface area contributed by atoms with Crippen LogP contribution in [0.3, 0.4) is 0 Å². The summed E-state index contributed by atoms with van der Waals surface area (Å²) in [5.74, 6) is 4.99. The summed E-state index contributed by atoms with van der Waals surface area (Å²) in [5, 5.41) is 8.44. The number of hydrogen-bond acceptors (Lipinski definition) is 3. The molecular formula is C35H38OS2. The van der Waals surface area contributed by atoms with Gasteiger partial charge in [-0.15, -0.1) is 0 Å². The molecule has 1 nitrogen and oxygen atoms in total. The van der Waals surface area contributed by atoms with E-state index >= 15 is 0 Å². The Labute approximate surface area is 236 Å². The van der Waals surface area contributed by atoms with Crippen molar-refractivity contribution in [2.75, 3.05) is 7.11 Å². The Morgan fingerprint density at radius 1 is 0.553 bits per heavy atom. The highest BCUT2D eigenvalue weighted by atomic mass is 32.2. The zero-order valence-electron chi connectivity index (χ0n) is 23.7. The number of fused-ring (bicyclic) bond motifs is 6. The van der Waals surface area contributed by atoms with Crippen LogP contribution in [0.15, 0.2) is 54.6 Å². The van der Waals surface area contributed by atoms with Gasteiger partial charge in [-0.1, -0.05) is 96.1 Å². The minimum absolute atomic E-state index is 0.114. The molecule has 38 heavy (non-hydrogen) atoms. The van der Waals surface area contributed by atoms with Crippen molar-refractivity contribution < 1.29 is 4.74 Å². The Morgan fingerprint density at radius 3 is 1.45 bits per heavy atom. The van der Waals surface area contributed by atoms with Crippen LogP contribution in [0, 0.1) is 0 Å². The van der Waals surface area contributed by atoms with Crippen molar-refractivity contribution >= 4 is 55.8 Å². The van der Waals surface area contributed by atoms with Crippen molar-refractivity contribution in [3.05, 3.63) is 88.0 Å². The van der Waals surface area contributed by atoms with Gasteiger partial charge >= 0.3 is 0 Å².